The van der Waals surface area contributed by atoms with Crippen LogP contribution in [0.2, 0.25) is 10.0 Å². The van der Waals surface area contributed by atoms with E-state index in [9.17, 15) is 4.79 Å². The molecule has 0 spiro atoms. The molecule has 0 unspecified atom stereocenters. The molecule has 1 saturated heterocycles. The first-order valence-corrected chi connectivity index (χ1v) is 8.46. The molecule has 7 heteroatoms. The highest BCUT2D eigenvalue weighted by atomic mass is 35.5. The van der Waals surface area contributed by atoms with Crippen molar-refractivity contribution in [2.75, 3.05) is 13.6 Å². The van der Waals surface area contributed by atoms with E-state index in [0.717, 1.165) is 0 Å². The van der Waals surface area contributed by atoms with Gasteiger partial charge in [-0.15, -0.1) is 0 Å². The van der Waals surface area contributed by atoms with Gasteiger partial charge in [0.1, 0.15) is 17.2 Å². The number of nitrogens with zero attached hydrogens (tertiary/aromatic N) is 2. The molecular formula is C17H14Cl2N2O2S. The monoisotopic (exact) mass is 380 g/mol. The molecule has 0 aliphatic carbocycles. The van der Waals surface area contributed by atoms with E-state index >= 15 is 0 Å². The molecule has 1 fully saturated rings. The lowest BCUT2D eigenvalue weighted by Crippen LogP contribution is -2.30. The molecule has 2 heterocycles. The van der Waals surface area contributed by atoms with Gasteiger partial charge in [-0.05, 0) is 43.4 Å². The number of amides is 1. The van der Waals surface area contributed by atoms with Crippen LogP contribution in [0.15, 0.2) is 40.4 Å². The molecule has 0 saturated carbocycles. The van der Waals surface area contributed by atoms with Crippen LogP contribution in [-0.2, 0) is 4.79 Å². The first kappa shape index (κ1) is 17.0. The van der Waals surface area contributed by atoms with Gasteiger partial charge in [0, 0.05) is 25.2 Å². The smallest absolute Gasteiger partial charge is 0.276 e. The lowest BCUT2D eigenvalue weighted by Gasteiger charge is -2.13. The average Bonchev–Trinajstić information content (AvgIpc) is 3.10. The van der Waals surface area contributed by atoms with Crippen LogP contribution in [0.5, 0.6) is 0 Å². The highest BCUT2D eigenvalue weighted by Gasteiger charge is 2.34. The zero-order valence-electron chi connectivity index (χ0n) is 13.0. The quantitative estimate of drug-likeness (QED) is 0.572. The fourth-order valence-electron chi connectivity index (χ4n) is 2.49. The van der Waals surface area contributed by atoms with Crippen molar-refractivity contribution in [3.05, 3.63) is 51.8 Å². The number of benzene rings is 1. The molecule has 1 aliphatic rings. The van der Waals surface area contributed by atoms with E-state index in [1.165, 1.54) is 0 Å². The van der Waals surface area contributed by atoms with E-state index in [-0.39, 0.29) is 5.91 Å². The topological polar surface area (TPSA) is 36.7 Å². The van der Waals surface area contributed by atoms with Crippen molar-refractivity contribution in [3.63, 3.8) is 0 Å². The van der Waals surface area contributed by atoms with E-state index in [4.69, 9.17) is 39.8 Å². The first-order chi connectivity index (χ1) is 11.4. The number of furan rings is 1. The number of carbonyl (C=O) groups is 1. The Labute approximate surface area is 155 Å². The zero-order valence-corrected chi connectivity index (χ0v) is 15.4. The summed E-state index contributed by atoms with van der Waals surface area (Å²) in [5.74, 6) is 0.984. The summed E-state index contributed by atoms with van der Waals surface area (Å²) >= 11 is 17.5. The highest BCUT2D eigenvalue weighted by Crippen LogP contribution is 2.35. The van der Waals surface area contributed by atoms with Crippen LogP contribution in [0.3, 0.4) is 0 Å². The van der Waals surface area contributed by atoms with E-state index in [0.29, 0.717) is 44.5 Å². The summed E-state index contributed by atoms with van der Waals surface area (Å²) in [6.07, 6.45) is 1.67. The molecule has 124 valence electrons. The molecule has 0 atom stereocenters. The van der Waals surface area contributed by atoms with Crippen LogP contribution in [0.4, 0.5) is 0 Å². The Balaban J connectivity index is 1.96. The summed E-state index contributed by atoms with van der Waals surface area (Å²) in [6, 6.07) is 8.91. The number of thiocarbonyl (C=S) groups is 1. The van der Waals surface area contributed by atoms with Crippen LogP contribution < -0.4 is 0 Å². The maximum absolute atomic E-state index is 12.4. The first-order valence-electron chi connectivity index (χ1n) is 7.29. The third-order valence-electron chi connectivity index (χ3n) is 3.78. The average molecular weight is 381 g/mol. The molecule has 1 amide bonds. The summed E-state index contributed by atoms with van der Waals surface area (Å²) in [5, 5.41) is 1.37. The highest BCUT2D eigenvalue weighted by molar-refractivity contribution is 7.80. The molecular weight excluding hydrogens is 367 g/mol. The Bertz CT molecular complexity index is 860. The predicted molar refractivity (Wildman–Crippen MR) is 99.9 cm³/mol. The van der Waals surface area contributed by atoms with Crippen LogP contribution in [0, 0.1) is 0 Å². The number of hydrogen-bond acceptors (Lipinski definition) is 3. The van der Waals surface area contributed by atoms with E-state index in [1.807, 2.05) is 13.0 Å². The molecule has 0 radical (unpaired) electrons. The van der Waals surface area contributed by atoms with Crippen LogP contribution in [0.25, 0.3) is 17.4 Å². The summed E-state index contributed by atoms with van der Waals surface area (Å²) in [7, 11) is 1.76. The second-order valence-electron chi connectivity index (χ2n) is 5.22. The van der Waals surface area contributed by atoms with Gasteiger partial charge in [-0.3, -0.25) is 9.69 Å². The second kappa shape index (κ2) is 6.59. The van der Waals surface area contributed by atoms with Gasteiger partial charge in [-0.25, -0.2) is 0 Å². The van der Waals surface area contributed by atoms with Crippen LogP contribution >= 0.6 is 35.4 Å². The third kappa shape index (κ3) is 2.83. The van der Waals surface area contributed by atoms with Gasteiger partial charge in [-0.1, -0.05) is 29.3 Å². The Kier molecular flexibility index (Phi) is 4.67. The molecule has 0 bridgehead atoms. The molecule has 24 heavy (non-hydrogen) atoms. The van der Waals surface area contributed by atoms with Gasteiger partial charge in [0.05, 0.1) is 10.0 Å². The Hall–Kier alpha value is -1.82. The van der Waals surface area contributed by atoms with Crippen molar-refractivity contribution >= 4 is 52.5 Å². The Morgan fingerprint density at radius 2 is 2.00 bits per heavy atom. The number of hydrogen-bond donors (Lipinski definition) is 0. The minimum absolute atomic E-state index is 0.135. The van der Waals surface area contributed by atoms with Gasteiger partial charge < -0.3 is 9.32 Å². The van der Waals surface area contributed by atoms with Crippen molar-refractivity contribution in [1.29, 1.82) is 0 Å². The molecule has 1 aliphatic heterocycles. The largest absolute Gasteiger partial charge is 0.457 e. The number of carbonyl (C=O) groups excluding carboxylic acids is 1. The summed E-state index contributed by atoms with van der Waals surface area (Å²) in [5.41, 5.74) is 1.17. The molecule has 1 aromatic heterocycles. The molecule has 3 rings (SSSR count). The van der Waals surface area contributed by atoms with E-state index in [1.54, 1.807) is 47.2 Å². The van der Waals surface area contributed by atoms with Gasteiger partial charge in [0.15, 0.2) is 5.11 Å². The van der Waals surface area contributed by atoms with Gasteiger partial charge in [0.2, 0.25) is 0 Å². The zero-order chi connectivity index (χ0) is 17.4. The van der Waals surface area contributed by atoms with E-state index < -0.39 is 0 Å². The summed E-state index contributed by atoms with van der Waals surface area (Å²) in [4.78, 5) is 15.6. The van der Waals surface area contributed by atoms with Crippen LogP contribution in [-0.4, -0.2) is 34.4 Å². The summed E-state index contributed by atoms with van der Waals surface area (Å²) in [6.45, 7) is 2.41. The fourth-order valence-corrected chi connectivity index (χ4v) is 3.20. The number of halogens is 2. The third-order valence-corrected chi connectivity index (χ3v) is 5.10. The predicted octanol–water partition coefficient (Wildman–Crippen LogP) is 4.67. The molecule has 2 aromatic rings. The maximum Gasteiger partial charge on any atom is 0.276 e. The minimum atomic E-state index is -0.135. The number of rotatable bonds is 3. The van der Waals surface area contributed by atoms with Crippen LogP contribution in [0.1, 0.15) is 12.7 Å². The van der Waals surface area contributed by atoms with Crippen molar-refractivity contribution < 1.29 is 9.21 Å². The van der Waals surface area contributed by atoms with Crippen molar-refractivity contribution in [2.45, 2.75) is 6.92 Å². The minimum Gasteiger partial charge on any atom is -0.457 e. The van der Waals surface area contributed by atoms with E-state index in [2.05, 4.69) is 0 Å². The number of likely N-dealkylation sites (N-methyl/N-ethyl adjacent to an activating group) is 2. The SMILES string of the molecule is CCN1C(=O)/C(=C/c2ccc(-c3cccc(Cl)c3Cl)o2)N(C)C1=S. The van der Waals surface area contributed by atoms with Gasteiger partial charge in [-0.2, -0.15) is 0 Å². The molecule has 4 nitrogen and oxygen atoms in total. The molecule has 1 aromatic carbocycles. The standard InChI is InChI=1S/C17H14Cl2N2O2S/c1-3-21-16(22)13(20(2)17(21)24)9-10-7-8-14(23-10)11-5-4-6-12(18)15(11)19/h4-9H,3H2,1-2H3/b13-9-. The molecule has 0 N–H and O–H groups in total. The van der Waals surface area contributed by atoms with Gasteiger partial charge in [0.25, 0.3) is 5.91 Å². The van der Waals surface area contributed by atoms with Gasteiger partial charge >= 0.3 is 0 Å². The lowest BCUT2D eigenvalue weighted by molar-refractivity contribution is -0.122. The Morgan fingerprint density at radius 1 is 1.25 bits per heavy atom. The Morgan fingerprint density at radius 3 is 2.67 bits per heavy atom. The second-order valence-corrected chi connectivity index (χ2v) is 6.37. The maximum atomic E-state index is 12.4. The van der Waals surface area contributed by atoms with Crippen molar-refractivity contribution in [2.24, 2.45) is 0 Å². The normalized spacial score (nSPS) is 16.6. The lowest BCUT2D eigenvalue weighted by atomic mass is 10.2. The van der Waals surface area contributed by atoms with Crippen molar-refractivity contribution in [3.8, 4) is 11.3 Å². The fraction of sp³-hybridized carbons (Fsp3) is 0.176. The van der Waals surface area contributed by atoms with Crippen molar-refractivity contribution in [1.82, 2.24) is 9.80 Å². The summed E-state index contributed by atoms with van der Waals surface area (Å²) < 4.78 is 5.81.